The Kier molecular flexibility index (Phi) is 9.18. The lowest BCUT2D eigenvalue weighted by Gasteiger charge is -2.24. The van der Waals surface area contributed by atoms with Crippen molar-refractivity contribution >= 4 is 36.3 Å². The minimum Gasteiger partial charge on any atom is -0.480 e. The minimum atomic E-state index is -1.20. The third kappa shape index (κ3) is 7.27. The molecule has 0 aromatic carbocycles. The van der Waals surface area contributed by atoms with Gasteiger partial charge in [0.15, 0.2) is 0 Å². The van der Waals surface area contributed by atoms with Gasteiger partial charge in [0, 0.05) is 5.75 Å². The molecule has 0 aromatic rings. The molecule has 6 N–H and O–H groups in total. The summed E-state index contributed by atoms with van der Waals surface area (Å²) >= 11 is 3.95. The van der Waals surface area contributed by atoms with Gasteiger partial charge >= 0.3 is 5.97 Å². The number of hydrogen-bond acceptors (Lipinski definition) is 6. The van der Waals surface area contributed by atoms with Crippen molar-refractivity contribution in [1.82, 2.24) is 16.0 Å². The van der Waals surface area contributed by atoms with E-state index in [0.29, 0.717) is 0 Å². The molecule has 126 valence electrons. The molecular formula is C12H22N4O5S. The van der Waals surface area contributed by atoms with E-state index in [1.54, 1.807) is 13.8 Å². The summed E-state index contributed by atoms with van der Waals surface area (Å²) in [6, 6.07) is -1.86. The summed E-state index contributed by atoms with van der Waals surface area (Å²) in [7, 11) is 0. The van der Waals surface area contributed by atoms with Crippen LogP contribution >= 0.6 is 12.6 Å². The van der Waals surface area contributed by atoms with Crippen molar-refractivity contribution in [3.05, 3.63) is 0 Å². The summed E-state index contributed by atoms with van der Waals surface area (Å²) in [5.74, 6) is -3.18. The van der Waals surface area contributed by atoms with Crippen LogP contribution in [0.25, 0.3) is 0 Å². The Bertz CT molecular complexity index is 430. The summed E-state index contributed by atoms with van der Waals surface area (Å²) in [4.78, 5) is 45.6. The SMILES string of the molecule is CC(C)C(NC(=O)CN)C(=O)NC(CS)C(=O)NCC(=O)O. The molecule has 0 fully saturated rings. The van der Waals surface area contributed by atoms with Crippen LogP contribution in [0.4, 0.5) is 0 Å². The summed E-state index contributed by atoms with van der Waals surface area (Å²) < 4.78 is 0. The Morgan fingerprint density at radius 1 is 1.14 bits per heavy atom. The van der Waals surface area contributed by atoms with Crippen molar-refractivity contribution in [2.24, 2.45) is 11.7 Å². The number of hydrogen-bond donors (Lipinski definition) is 6. The summed E-state index contributed by atoms with van der Waals surface area (Å²) in [5, 5.41) is 15.5. The Morgan fingerprint density at radius 2 is 1.73 bits per heavy atom. The molecule has 0 saturated heterocycles. The zero-order chi connectivity index (χ0) is 17.3. The van der Waals surface area contributed by atoms with Gasteiger partial charge in [-0.3, -0.25) is 19.2 Å². The van der Waals surface area contributed by atoms with E-state index in [2.05, 4.69) is 28.6 Å². The van der Waals surface area contributed by atoms with Gasteiger partial charge in [0.2, 0.25) is 17.7 Å². The van der Waals surface area contributed by atoms with E-state index in [0.717, 1.165) is 0 Å². The van der Waals surface area contributed by atoms with Crippen molar-refractivity contribution in [1.29, 1.82) is 0 Å². The van der Waals surface area contributed by atoms with Gasteiger partial charge in [-0.15, -0.1) is 0 Å². The monoisotopic (exact) mass is 334 g/mol. The van der Waals surface area contributed by atoms with E-state index in [1.165, 1.54) is 0 Å². The van der Waals surface area contributed by atoms with Crippen molar-refractivity contribution in [3.63, 3.8) is 0 Å². The molecule has 2 atom stereocenters. The van der Waals surface area contributed by atoms with Crippen molar-refractivity contribution in [3.8, 4) is 0 Å². The predicted molar refractivity (Wildman–Crippen MR) is 82.3 cm³/mol. The maximum Gasteiger partial charge on any atom is 0.322 e. The zero-order valence-corrected chi connectivity index (χ0v) is 13.4. The normalized spacial score (nSPS) is 13.1. The minimum absolute atomic E-state index is 0.0210. The van der Waals surface area contributed by atoms with Gasteiger partial charge in [0.05, 0.1) is 6.54 Å². The average Bonchev–Trinajstić information content (AvgIpc) is 2.46. The molecule has 0 aliphatic carbocycles. The van der Waals surface area contributed by atoms with E-state index in [4.69, 9.17) is 10.8 Å². The molecule has 0 saturated carbocycles. The Hall–Kier alpha value is -1.81. The molecule has 0 heterocycles. The maximum absolute atomic E-state index is 12.2. The highest BCUT2D eigenvalue weighted by atomic mass is 32.1. The molecule has 0 aliphatic heterocycles. The Balaban J connectivity index is 4.75. The third-order valence-electron chi connectivity index (χ3n) is 2.68. The first-order valence-corrected chi connectivity index (χ1v) is 7.26. The molecule has 0 aliphatic rings. The lowest BCUT2D eigenvalue weighted by molar-refractivity contribution is -0.138. The second kappa shape index (κ2) is 10.0. The average molecular weight is 334 g/mol. The molecule has 0 rings (SSSR count). The molecule has 0 spiro atoms. The van der Waals surface area contributed by atoms with Crippen LogP contribution in [0.15, 0.2) is 0 Å². The molecular weight excluding hydrogens is 312 g/mol. The number of aliphatic carboxylic acids is 1. The molecule has 0 bridgehead atoms. The van der Waals surface area contributed by atoms with Crippen molar-refractivity contribution in [2.45, 2.75) is 25.9 Å². The van der Waals surface area contributed by atoms with Gasteiger partial charge in [-0.25, -0.2) is 0 Å². The lowest BCUT2D eigenvalue weighted by atomic mass is 10.0. The second-order valence-corrected chi connectivity index (χ2v) is 5.21. The van der Waals surface area contributed by atoms with Gasteiger partial charge < -0.3 is 26.8 Å². The number of carboxylic acids is 1. The fourth-order valence-electron chi connectivity index (χ4n) is 1.51. The van der Waals surface area contributed by atoms with Crippen LogP contribution in [0.3, 0.4) is 0 Å². The second-order valence-electron chi connectivity index (χ2n) is 4.85. The Labute approximate surface area is 133 Å². The summed E-state index contributed by atoms with van der Waals surface area (Å²) in [6.45, 7) is 2.63. The van der Waals surface area contributed by atoms with E-state index in [1.807, 2.05) is 0 Å². The topological polar surface area (TPSA) is 151 Å². The van der Waals surface area contributed by atoms with E-state index < -0.39 is 42.3 Å². The smallest absolute Gasteiger partial charge is 0.322 e. The van der Waals surface area contributed by atoms with Crippen LogP contribution < -0.4 is 21.7 Å². The van der Waals surface area contributed by atoms with Gasteiger partial charge in [0.1, 0.15) is 18.6 Å². The molecule has 0 radical (unpaired) electrons. The molecule has 0 aromatic heterocycles. The third-order valence-corrected chi connectivity index (χ3v) is 3.05. The lowest BCUT2D eigenvalue weighted by Crippen LogP contribution is -2.56. The predicted octanol–water partition coefficient (Wildman–Crippen LogP) is -2.30. The van der Waals surface area contributed by atoms with Gasteiger partial charge in [-0.1, -0.05) is 13.8 Å². The number of rotatable bonds is 9. The molecule has 22 heavy (non-hydrogen) atoms. The number of nitrogens with two attached hydrogens (primary N) is 1. The van der Waals surface area contributed by atoms with Gasteiger partial charge in [-0.05, 0) is 5.92 Å². The first-order valence-electron chi connectivity index (χ1n) is 6.63. The van der Waals surface area contributed by atoms with Crippen LogP contribution in [0.2, 0.25) is 0 Å². The molecule has 2 unspecified atom stereocenters. The number of thiol groups is 1. The number of carbonyl (C=O) groups is 4. The number of nitrogens with one attached hydrogen (secondary N) is 3. The van der Waals surface area contributed by atoms with E-state index in [-0.39, 0.29) is 18.2 Å². The molecule has 3 amide bonds. The highest BCUT2D eigenvalue weighted by Crippen LogP contribution is 2.03. The summed E-state index contributed by atoms with van der Waals surface area (Å²) in [6.07, 6.45) is 0. The highest BCUT2D eigenvalue weighted by Gasteiger charge is 2.27. The Morgan fingerprint density at radius 3 is 2.14 bits per heavy atom. The first kappa shape index (κ1) is 20.2. The largest absolute Gasteiger partial charge is 0.480 e. The number of carboxylic acid groups (broad SMARTS) is 1. The van der Waals surface area contributed by atoms with Gasteiger partial charge in [0.25, 0.3) is 0 Å². The van der Waals surface area contributed by atoms with Crippen LogP contribution in [0, 0.1) is 5.92 Å². The first-order chi connectivity index (χ1) is 10.2. The fraction of sp³-hybridized carbons (Fsp3) is 0.667. The van der Waals surface area contributed by atoms with Crippen molar-refractivity contribution in [2.75, 3.05) is 18.8 Å². The van der Waals surface area contributed by atoms with Crippen LogP contribution in [-0.2, 0) is 19.2 Å². The maximum atomic E-state index is 12.2. The van der Waals surface area contributed by atoms with Crippen molar-refractivity contribution < 1.29 is 24.3 Å². The van der Waals surface area contributed by atoms with Gasteiger partial charge in [-0.2, -0.15) is 12.6 Å². The highest BCUT2D eigenvalue weighted by molar-refractivity contribution is 7.80. The quantitative estimate of drug-likeness (QED) is 0.261. The van der Waals surface area contributed by atoms with Crippen LogP contribution in [-0.4, -0.2) is 59.7 Å². The van der Waals surface area contributed by atoms with Crippen LogP contribution in [0.5, 0.6) is 0 Å². The standard InChI is InChI=1S/C12H22N4O5S/c1-6(2)10(16-8(17)3-13)12(21)15-7(5-22)11(20)14-4-9(18)19/h6-7,10,22H,3-5,13H2,1-2H3,(H,14,20)(H,15,21)(H,16,17)(H,18,19). The number of amides is 3. The molecule has 10 heteroatoms. The van der Waals surface area contributed by atoms with Crippen LogP contribution in [0.1, 0.15) is 13.8 Å². The zero-order valence-electron chi connectivity index (χ0n) is 12.5. The summed E-state index contributed by atoms with van der Waals surface area (Å²) in [5.41, 5.74) is 5.19. The number of carbonyl (C=O) groups excluding carboxylic acids is 3. The molecule has 9 nitrogen and oxygen atoms in total. The van der Waals surface area contributed by atoms with E-state index in [9.17, 15) is 19.2 Å². The van der Waals surface area contributed by atoms with E-state index >= 15 is 0 Å². The fourth-order valence-corrected chi connectivity index (χ4v) is 1.77.